The Morgan fingerprint density at radius 2 is 1.13 bits per heavy atom. The third-order valence-electron chi connectivity index (χ3n) is 12.6. The number of nitrogens with zero attached hydrogens (tertiary/aromatic N) is 10. The fourth-order valence-corrected chi connectivity index (χ4v) is 8.77. The number of ether oxygens (including phenoxy) is 4. The van der Waals surface area contributed by atoms with Gasteiger partial charge in [0, 0.05) is 119 Å². The van der Waals surface area contributed by atoms with Gasteiger partial charge in [0.25, 0.3) is 0 Å². The maximum atomic E-state index is 11.5. The monoisotopic (exact) mass is 986 g/mol. The average molecular weight is 988 g/mol. The summed E-state index contributed by atoms with van der Waals surface area (Å²) in [5.74, 6) is 3.20. The minimum atomic E-state index is 0.152. The topological polar surface area (TPSA) is 213 Å². The van der Waals surface area contributed by atoms with Crippen molar-refractivity contribution in [3.63, 3.8) is 0 Å². The molecule has 3 N–H and O–H groups in total. The van der Waals surface area contributed by atoms with Crippen molar-refractivity contribution >= 4 is 67.0 Å². The molecule has 2 amide bonds. The molecule has 71 heavy (non-hydrogen) atoms. The fourth-order valence-electron chi connectivity index (χ4n) is 8.57. The zero-order valence-electron chi connectivity index (χ0n) is 40.4. The number of fused-ring (bicyclic) bond motifs is 4. The number of hydrogen-bond donors (Lipinski definition) is 3. The van der Waals surface area contributed by atoms with Gasteiger partial charge >= 0.3 is 0 Å². The molecule has 20 heteroatoms. The van der Waals surface area contributed by atoms with Gasteiger partial charge in [-0.25, -0.2) is 19.9 Å². The molecule has 2 fully saturated rings. The van der Waals surface area contributed by atoms with Gasteiger partial charge in [-0.05, 0) is 60.9 Å². The van der Waals surface area contributed by atoms with Crippen molar-refractivity contribution in [3.8, 4) is 28.7 Å². The molecule has 0 unspecified atom stereocenters. The van der Waals surface area contributed by atoms with E-state index in [4.69, 9.17) is 35.7 Å². The molecule has 8 aromatic rings. The molecule has 0 atom stereocenters. The van der Waals surface area contributed by atoms with Crippen LogP contribution in [0, 0.1) is 0 Å². The molecule has 0 aliphatic carbocycles. The van der Waals surface area contributed by atoms with E-state index in [0.717, 1.165) is 133 Å². The number of H-pyrrole nitrogens is 2. The smallest absolute Gasteiger partial charge is 0.219 e. The normalized spacial score (nSPS) is 14.2. The number of benzene rings is 4. The molecule has 4 aromatic carbocycles. The van der Waals surface area contributed by atoms with Crippen LogP contribution in [-0.2, 0) is 16.0 Å². The molecular weight excluding hydrogens is 928 g/mol. The number of halogens is 1. The van der Waals surface area contributed by atoms with Gasteiger partial charge in [0.15, 0.2) is 23.0 Å². The Bertz CT molecular complexity index is 3060. The predicted molar refractivity (Wildman–Crippen MR) is 271 cm³/mol. The quantitative estimate of drug-likeness (QED) is 0.0781. The zero-order valence-corrected chi connectivity index (χ0v) is 41.2. The Hall–Kier alpha value is -7.35. The molecule has 10 rings (SSSR count). The molecule has 4 aromatic heterocycles. The second kappa shape index (κ2) is 24.0. The van der Waals surface area contributed by atoms with Crippen molar-refractivity contribution in [1.82, 2.24) is 59.9 Å². The standard InChI is InChI=1S/C26H30N6O3.C18H23ClN4O3.C7H6N2O/c1-18(33)32-9-7-31(8-10-32)6-3-11-35-26-14-21-23(27-17-28-24(21)15-25(26)34-2)13-19-4-5-22-20(12-19)16-29-30-22;1-13(24)23-7-5-22(6-8-23)4-3-9-26-17-10-14-15(11-16(17)25-2)20-12-21-18(14)19;10-6-1-2-7-5(3-6)4-8-9-7/h4-5,12,14-17H,3,6-11,13H2,1-2H3,(H,29,30);10-12H,3-9H2,1-2H3;1-4,10H,(H,8,9). The highest BCUT2D eigenvalue weighted by Gasteiger charge is 2.20. The Morgan fingerprint density at radius 3 is 1.68 bits per heavy atom. The number of carbonyl (C=O) groups excluding carboxylic acids is 2. The number of aromatic hydroxyl groups is 1. The highest BCUT2D eigenvalue weighted by Crippen LogP contribution is 2.35. The van der Waals surface area contributed by atoms with Crippen LogP contribution in [0.3, 0.4) is 0 Å². The van der Waals surface area contributed by atoms with Crippen LogP contribution in [0.15, 0.2) is 85.7 Å². The van der Waals surface area contributed by atoms with E-state index in [1.165, 1.54) is 6.33 Å². The van der Waals surface area contributed by atoms with E-state index in [-0.39, 0.29) is 17.6 Å². The van der Waals surface area contributed by atoms with E-state index in [1.54, 1.807) is 64.9 Å². The largest absolute Gasteiger partial charge is 0.508 e. The maximum Gasteiger partial charge on any atom is 0.219 e. The Kier molecular flexibility index (Phi) is 16.9. The van der Waals surface area contributed by atoms with Crippen molar-refractivity contribution in [2.75, 3.05) is 92.9 Å². The Balaban J connectivity index is 0.000000163. The fraction of sp³-hybridized carbons (Fsp3) is 0.373. The van der Waals surface area contributed by atoms with Crippen LogP contribution in [-0.4, -0.2) is 170 Å². The number of piperazine rings is 2. The predicted octanol–water partition coefficient (Wildman–Crippen LogP) is 6.53. The van der Waals surface area contributed by atoms with Crippen molar-refractivity contribution in [3.05, 3.63) is 102 Å². The van der Waals surface area contributed by atoms with E-state index in [0.29, 0.717) is 47.8 Å². The SMILES string of the molecule is COc1cc2ncnc(Cc3ccc4[nH]ncc4c3)c2cc1OCCCN1CCN(C(C)=O)CC1.COc1cc2ncnc(Cl)c2cc1OCCCN1CCN(C(C)=O)CC1.Oc1ccc2[nH]ncc2c1. The van der Waals surface area contributed by atoms with Crippen LogP contribution in [0.5, 0.6) is 28.7 Å². The molecule has 372 valence electrons. The van der Waals surface area contributed by atoms with E-state index < -0.39 is 0 Å². The summed E-state index contributed by atoms with van der Waals surface area (Å²) in [7, 11) is 3.25. The van der Waals surface area contributed by atoms with E-state index in [9.17, 15) is 9.59 Å². The summed E-state index contributed by atoms with van der Waals surface area (Å²) < 4.78 is 23.1. The van der Waals surface area contributed by atoms with Crippen LogP contribution >= 0.6 is 11.6 Å². The molecule has 19 nitrogen and oxygen atoms in total. The molecule has 0 bridgehead atoms. The highest BCUT2D eigenvalue weighted by molar-refractivity contribution is 6.34. The summed E-state index contributed by atoms with van der Waals surface area (Å²) in [5.41, 5.74) is 5.60. The minimum Gasteiger partial charge on any atom is -0.508 e. The second-order valence-corrected chi connectivity index (χ2v) is 17.6. The first kappa shape index (κ1) is 50.1. The summed E-state index contributed by atoms with van der Waals surface area (Å²) in [5, 5.41) is 26.8. The third-order valence-corrected chi connectivity index (χ3v) is 12.9. The lowest BCUT2D eigenvalue weighted by atomic mass is 10.0. The Labute approximate surface area is 416 Å². The lowest BCUT2D eigenvalue weighted by Gasteiger charge is -2.34. The number of carbonyl (C=O) groups is 2. The second-order valence-electron chi connectivity index (χ2n) is 17.2. The minimum absolute atomic E-state index is 0.152. The number of aromatic nitrogens is 8. The number of amides is 2. The Morgan fingerprint density at radius 1 is 0.620 bits per heavy atom. The number of phenols is 1. The van der Waals surface area contributed by atoms with Crippen molar-refractivity contribution < 1.29 is 33.6 Å². The van der Waals surface area contributed by atoms with Gasteiger partial charge in [0.05, 0.1) is 67.6 Å². The first-order valence-electron chi connectivity index (χ1n) is 23.6. The van der Waals surface area contributed by atoms with Crippen LogP contribution in [0.2, 0.25) is 5.15 Å². The summed E-state index contributed by atoms with van der Waals surface area (Å²) in [6, 6.07) is 18.9. The van der Waals surface area contributed by atoms with Gasteiger partial charge < -0.3 is 33.9 Å². The molecule has 2 aliphatic heterocycles. The summed E-state index contributed by atoms with van der Waals surface area (Å²) in [6.07, 6.45) is 8.99. The summed E-state index contributed by atoms with van der Waals surface area (Å²) in [6.45, 7) is 13.1. The number of phenolic OH excluding ortho intramolecular Hbond substituents is 1. The first-order valence-corrected chi connectivity index (χ1v) is 24.0. The maximum absolute atomic E-state index is 11.5. The number of hydrogen-bond acceptors (Lipinski definition) is 15. The van der Waals surface area contributed by atoms with Crippen LogP contribution < -0.4 is 18.9 Å². The van der Waals surface area contributed by atoms with E-state index in [2.05, 4.69) is 62.3 Å². The molecule has 0 radical (unpaired) electrons. The lowest BCUT2D eigenvalue weighted by Crippen LogP contribution is -2.48. The van der Waals surface area contributed by atoms with E-state index >= 15 is 0 Å². The zero-order chi connectivity index (χ0) is 49.7. The summed E-state index contributed by atoms with van der Waals surface area (Å²) in [4.78, 5) is 48.6. The number of nitrogens with one attached hydrogen (secondary N) is 2. The summed E-state index contributed by atoms with van der Waals surface area (Å²) >= 11 is 6.14. The van der Waals surface area contributed by atoms with Gasteiger partial charge in [-0.15, -0.1) is 0 Å². The molecular formula is C51H59ClN12O7. The highest BCUT2D eigenvalue weighted by atomic mass is 35.5. The first-order chi connectivity index (χ1) is 34.5. The average Bonchev–Trinajstić information content (AvgIpc) is 4.07. The molecule has 2 saturated heterocycles. The van der Waals surface area contributed by atoms with Gasteiger partial charge in [0.1, 0.15) is 23.6 Å². The van der Waals surface area contributed by atoms with Crippen LogP contribution in [0.1, 0.15) is 37.9 Å². The number of aromatic amines is 2. The van der Waals surface area contributed by atoms with E-state index in [1.807, 2.05) is 40.3 Å². The van der Waals surface area contributed by atoms with Crippen LogP contribution in [0.25, 0.3) is 43.6 Å². The molecule has 2 aliphatic rings. The van der Waals surface area contributed by atoms with Gasteiger partial charge in [-0.3, -0.25) is 29.6 Å². The third kappa shape index (κ3) is 13.1. The van der Waals surface area contributed by atoms with Crippen molar-refractivity contribution in [2.45, 2.75) is 33.1 Å². The van der Waals surface area contributed by atoms with Gasteiger partial charge in [-0.1, -0.05) is 17.7 Å². The van der Waals surface area contributed by atoms with Crippen LogP contribution in [0.4, 0.5) is 0 Å². The molecule has 6 heterocycles. The van der Waals surface area contributed by atoms with Crippen molar-refractivity contribution in [2.24, 2.45) is 0 Å². The lowest BCUT2D eigenvalue weighted by molar-refractivity contribution is -0.131. The number of rotatable bonds is 14. The molecule has 0 saturated carbocycles. The van der Waals surface area contributed by atoms with Crippen molar-refractivity contribution in [1.29, 1.82) is 0 Å². The number of methoxy groups -OCH3 is 2. The molecule has 0 spiro atoms. The van der Waals surface area contributed by atoms with Gasteiger partial charge in [0.2, 0.25) is 11.8 Å². The van der Waals surface area contributed by atoms with Gasteiger partial charge in [-0.2, -0.15) is 10.2 Å².